The number of benzene rings is 3. The average Bonchev–Trinajstić information content (AvgIpc) is 2.83. The summed E-state index contributed by atoms with van der Waals surface area (Å²) >= 11 is 5.03. The van der Waals surface area contributed by atoms with E-state index in [2.05, 4.69) is 5.32 Å². The number of nitro groups is 1. The van der Waals surface area contributed by atoms with Gasteiger partial charge in [-0.25, -0.2) is 9.29 Å². The SMILES string of the molecule is O=C1NC(=S)N(c2ccccc2F)C(=O)/C1=C/c1ccc(Oc2ccc(C(F)(F)F)cc2[N+](=O)[O-])cc1. The van der Waals surface area contributed by atoms with E-state index >= 15 is 0 Å². The minimum absolute atomic E-state index is 0.0404. The summed E-state index contributed by atoms with van der Waals surface area (Å²) in [6, 6.07) is 12.7. The van der Waals surface area contributed by atoms with Crippen molar-refractivity contribution >= 4 is 46.6 Å². The largest absolute Gasteiger partial charge is 0.450 e. The molecule has 8 nitrogen and oxygen atoms in total. The van der Waals surface area contributed by atoms with Gasteiger partial charge in [-0.1, -0.05) is 24.3 Å². The van der Waals surface area contributed by atoms with Crippen LogP contribution in [-0.4, -0.2) is 21.9 Å². The minimum atomic E-state index is -4.77. The molecule has 0 unspecified atom stereocenters. The van der Waals surface area contributed by atoms with E-state index in [1.54, 1.807) is 0 Å². The van der Waals surface area contributed by atoms with Gasteiger partial charge in [0, 0.05) is 6.07 Å². The fourth-order valence-corrected chi connectivity index (χ4v) is 3.63. The maximum absolute atomic E-state index is 14.3. The number of nitrogens with zero attached hydrogens (tertiary/aromatic N) is 2. The van der Waals surface area contributed by atoms with Gasteiger partial charge >= 0.3 is 11.9 Å². The van der Waals surface area contributed by atoms with Crippen LogP contribution in [0.2, 0.25) is 0 Å². The second-order valence-electron chi connectivity index (χ2n) is 7.52. The number of carbonyl (C=O) groups excluding carboxylic acids is 2. The number of nitro benzene ring substituents is 1. The van der Waals surface area contributed by atoms with Gasteiger partial charge in [0.05, 0.1) is 16.2 Å². The van der Waals surface area contributed by atoms with Gasteiger partial charge in [0.2, 0.25) is 5.75 Å². The highest BCUT2D eigenvalue weighted by Crippen LogP contribution is 2.38. The molecule has 3 aromatic rings. The fraction of sp³-hybridized carbons (Fsp3) is 0.0417. The lowest BCUT2D eigenvalue weighted by atomic mass is 10.1. The van der Waals surface area contributed by atoms with Gasteiger partial charge in [-0.2, -0.15) is 13.2 Å². The van der Waals surface area contributed by atoms with Crippen molar-refractivity contribution in [2.24, 2.45) is 0 Å². The summed E-state index contributed by atoms with van der Waals surface area (Å²) in [5.41, 5.74) is -2.24. The van der Waals surface area contributed by atoms with Gasteiger partial charge < -0.3 is 4.74 Å². The molecule has 0 saturated carbocycles. The predicted octanol–water partition coefficient (Wildman–Crippen LogP) is 5.38. The summed E-state index contributed by atoms with van der Waals surface area (Å²) in [6.07, 6.45) is -3.55. The quantitative estimate of drug-likeness (QED) is 0.119. The molecule has 1 aliphatic rings. The molecular weight excluding hydrogens is 518 g/mol. The van der Waals surface area contributed by atoms with Gasteiger partial charge in [0.1, 0.15) is 17.1 Å². The highest BCUT2D eigenvalue weighted by molar-refractivity contribution is 7.80. The van der Waals surface area contributed by atoms with Gasteiger partial charge in [-0.05, 0) is 60.3 Å². The zero-order valence-electron chi connectivity index (χ0n) is 18.3. The zero-order valence-corrected chi connectivity index (χ0v) is 19.1. The van der Waals surface area contributed by atoms with Crippen LogP contribution >= 0.6 is 12.2 Å². The Bertz CT molecular complexity index is 1470. The smallest absolute Gasteiger partial charge is 0.416 e. The second kappa shape index (κ2) is 9.78. The van der Waals surface area contributed by atoms with Crippen LogP contribution < -0.4 is 15.0 Å². The number of ether oxygens (including phenoxy) is 1. The number of anilines is 1. The molecule has 0 atom stereocenters. The van der Waals surface area contributed by atoms with Crippen LogP contribution in [0.3, 0.4) is 0 Å². The number of amides is 2. The van der Waals surface area contributed by atoms with Crippen LogP contribution in [-0.2, 0) is 15.8 Å². The Labute approximate surface area is 210 Å². The molecule has 1 heterocycles. The molecule has 0 spiro atoms. The Morgan fingerprint density at radius 2 is 1.70 bits per heavy atom. The third-order valence-electron chi connectivity index (χ3n) is 5.10. The number of halogens is 4. The molecule has 1 N–H and O–H groups in total. The van der Waals surface area contributed by atoms with Crippen molar-refractivity contribution in [3.8, 4) is 11.5 Å². The van der Waals surface area contributed by atoms with Crippen molar-refractivity contribution in [1.29, 1.82) is 0 Å². The Kier molecular flexibility index (Phi) is 6.72. The van der Waals surface area contributed by atoms with E-state index in [0.717, 1.165) is 17.0 Å². The number of hydrogen-bond donors (Lipinski definition) is 1. The molecule has 1 aliphatic heterocycles. The van der Waals surface area contributed by atoms with E-state index in [1.807, 2.05) is 0 Å². The highest BCUT2D eigenvalue weighted by atomic mass is 32.1. The molecule has 13 heteroatoms. The molecule has 4 rings (SSSR count). The van der Waals surface area contributed by atoms with Crippen molar-refractivity contribution in [2.45, 2.75) is 6.18 Å². The van der Waals surface area contributed by atoms with E-state index in [0.29, 0.717) is 17.7 Å². The molecular formula is C24H13F4N3O5S. The summed E-state index contributed by atoms with van der Waals surface area (Å²) in [5.74, 6) is -2.77. The van der Waals surface area contributed by atoms with E-state index in [1.165, 1.54) is 48.5 Å². The fourth-order valence-electron chi connectivity index (χ4n) is 3.36. The summed E-state index contributed by atoms with van der Waals surface area (Å²) in [7, 11) is 0. The van der Waals surface area contributed by atoms with Gasteiger partial charge in [-0.3, -0.25) is 25.0 Å². The lowest BCUT2D eigenvalue weighted by Gasteiger charge is -2.29. The van der Waals surface area contributed by atoms with Gasteiger partial charge in [0.25, 0.3) is 11.8 Å². The predicted molar refractivity (Wildman–Crippen MR) is 127 cm³/mol. The van der Waals surface area contributed by atoms with Crippen molar-refractivity contribution in [3.05, 3.63) is 99.4 Å². The first-order valence-corrected chi connectivity index (χ1v) is 10.7. The van der Waals surface area contributed by atoms with Crippen LogP contribution in [0.15, 0.2) is 72.3 Å². The van der Waals surface area contributed by atoms with Crippen molar-refractivity contribution in [2.75, 3.05) is 4.90 Å². The molecule has 0 aliphatic carbocycles. The monoisotopic (exact) mass is 531 g/mol. The lowest BCUT2D eigenvalue weighted by molar-refractivity contribution is -0.385. The van der Waals surface area contributed by atoms with Crippen molar-refractivity contribution in [1.82, 2.24) is 5.32 Å². The van der Waals surface area contributed by atoms with Gasteiger partial charge in [-0.15, -0.1) is 0 Å². The molecule has 0 radical (unpaired) electrons. The number of para-hydroxylation sites is 1. The minimum Gasteiger partial charge on any atom is -0.450 e. The first-order chi connectivity index (χ1) is 17.5. The first-order valence-electron chi connectivity index (χ1n) is 10.3. The van der Waals surface area contributed by atoms with E-state index in [-0.39, 0.29) is 22.1 Å². The molecule has 3 aromatic carbocycles. The summed E-state index contributed by atoms with van der Waals surface area (Å²) < 4.78 is 58.3. The molecule has 1 fully saturated rings. The highest BCUT2D eigenvalue weighted by Gasteiger charge is 2.36. The maximum atomic E-state index is 14.3. The lowest BCUT2D eigenvalue weighted by Crippen LogP contribution is -2.54. The summed E-state index contributed by atoms with van der Waals surface area (Å²) in [6.45, 7) is 0. The molecule has 37 heavy (non-hydrogen) atoms. The third kappa shape index (κ3) is 5.30. The van der Waals surface area contributed by atoms with Crippen LogP contribution in [0.4, 0.5) is 28.9 Å². The van der Waals surface area contributed by atoms with Crippen LogP contribution in [0.25, 0.3) is 6.08 Å². The average molecular weight is 531 g/mol. The Morgan fingerprint density at radius 3 is 2.32 bits per heavy atom. The molecule has 188 valence electrons. The summed E-state index contributed by atoms with van der Waals surface area (Å²) in [5, 5.41) is 13.3. The van der Waals surface area contributed by atoms with E-state index in [9.17, 15) is 37.3 Å². The maximum Gasteiger partial charge on any atom is 0.416 e. The van der Waals surface area contributed by atoms with E-state index in [4.69, 9.17) is 17.0 Å². The van der Waals surface area contributed by atoms with Crippen LogP contribution in [0, 0.1) is 15.9 Å². The van der Waals surface area contributed by atoms with Crippen molar-refractivity contribution < 1.29 is 36.8 Å². The van der Waals surface area contributed by atoms with Crippen LogP contribution in [0.5, 0.6) is 11.5 Å². The molecule has 2 amide bonds. The third-order valence-corrected chi connectivity index (χ3v) is 5.38. The second-order valence-corrected chi connectivity index (χ2v) is 7.90. The Balaban J connectivity index is 1.59. The number of hydrogen-bond acceptors (Lipinski definition) is 6. The number of rotatable bonds is 5. The number of thiocarbonyl (C=S) groups is 1. The number of nitrogens with one attached hydrogen (secondary N) is 1. The molecule has 0 aromatic heterocycles. The van der Waals surface area contributed by atoms with Crippen molar-refractivity contribution in [3.63, 3.8) is 0 Å². The molecule has 1 saturated heterocycles. The van der Waals surface area contributed by atoms with Gasteiger partial charge in [0.15, 0.2) is 5.11 Å². The van der Waals surface area contributed by atoms with Crippen LogP contribution in [0.1, 0.15) is 11.1 Å². The number of alkyl halides is 3. The Hall–Kier alpha value is -4.65. The molecule has 0 bridgehead atoms. The normalized spacial score (nSPS) is 15.1. The number of carbonyl (C=O) groups is 2. The zero-order chi connectivity index (χ0) is 26.9. The standard InChI is InChI=1S/C24H13F4N3O5S/c25-17-3-1-2-4-18(17)30-22(33)16(21(32)29-23(30)37)11-13-5-8-15(9-6-13)36-20-10-7-14(24(26,27)28)12-19(20)31(34)35/h1-12H,(H,29,32,37)/b16-11+. The topological polar surface area (TPSA) is 102 Å². The first kappa shape index (κ1) is 25.4. The van der Waals surface area contributed by atoms with E-state index < -0.39 is 45.7 Å². The Morgan fingerprint density at radius 1 is 1.03 bits per heavy atom. The summed E-state index contributed by atoms with van der Waals surface area (Å²) in [4.78, 5) is 36.5.